The Morgan fingerprint density at radius 2 is 2.44 bits per heavy atom. The molecule has 0 N–H and O–H groups in total. The first-order valence-corrected chi connectivity index (χ1v) is 3.05. The summed E-state index contributed by atoms with van der Waals surface area (Å²) in [4.78, 5) is 12.4. The molecule has 0 bridgehead atoms. The molecule has 0 spiro atoms. The quantitative estimate of drug-likeness (QED) is 0.455. The third-order valence-electron chi connectivity index (χ3n) is 1.45. The molecule has 0 unspecified atom stereocenters. The normalized spacial score (nSPS) is 28.9. The minimum Gasteiger partial charge on any atom is -0.367 e. The van der Waals surface area contributed by atoms with Gasteiger partial charge >= 0.3 is 0 Å². The van der Waals surface area contributed by atoms with Crippen molar-refractivity contribution >= 4 is 5.91 Å². The molecule has 0 aliphatic carbocycles. The Morgan fingerprint density at radius 1 is 1.78 bits per heavy atom. The summed E-state index contributed by atoms with van der Waals surface area (Å²) in [6.45, 7) is 2.93. The van der Waals surface area contributed by atoms with Crippen molar-refractivity contribution in [3.05, 3.63) is 0 Å². The molecule has 1 amide bonds. The molecule has 0 saturated carbocycles. The van der Waals surface area contributed by atoms with Gasteiger partial charge in [0, 0.05) is 13.6 Å². The van der Waals surface area contributed by atoms with Gasteiger partial charge < -0.3 is 9.64 Å². The number of ether oxygens (including phenoxy) is 1. The maximum Gasteiger partial charge on any atom is 0.248 e. The molecule has 0 radical (unpaired) electrons. The Labute approximate surface area is 54.6 Å². The summed E-state index contributed by atoms with van der Waals surface area (Å²) in [6, 6.07) is 0. The first-order chi connectivity index (χ1) is 4.20. The Balaban J connectivity index is 2.44. The van der Waals surface area contributed by atoms with Gasteiger partial charge in [-0.15, -0.1) is 0 Å². The molecule has 1 aliphatic heterocycles. The molecule has 52 valence electrons. The molecular weight excluding hydrogens is 118 g/mol. The third kappa shape index (κ3) is 1.42. The van der Waals surface area contributed by atoms with Crippen molar-refractivity contribution in [1.29, 1.82) is 0 Å². The lowest BCUT2D eigenvalue weighted by Gasteiger charge is -2.27. The summed E-state index contributed by atoms with van der Waals surface area (Å²) in [5, 5.41) is 0. The van der Waals surface area contributed by atoms with E-state index in [9.17, 15) is 4.79 Å². The number of carbonyl (C=O) groups is 1. The summed E-state index contributed by atoms with van der Waals surface area (Å²) in [5.74, 6) is 0.0769. The van der Waals surface area contributed by atoms with E-state index in [1.165, 1.54) is 0 Å². The second-order valence-electron chi connectivity index (χ2n) is 2.40. The topological polar surface area (TPSA) is 29.5 Å². The van der Waals surface area contributed by atoms with Crippen LogP contribution in [0.25, 0.3) is 0 Å². The van der Waals surface area contributed by atoms with E-state index in [4.69, 9.17) is 4.74 Å². The highest BCUT2D eigenvalue weighted by Gasteiger charge is 2.19. The van der Waals surface area contributed by atoms with Crippen LogP contribution in [0.15, 0.2) is 0 Å². The van der Waals surface area contributed by atoms with Crippen LogP contribution >= 0.6 is 0 Å². The Morgan fingerprint density at radius 3 is 2.89 bits per heavy atom. The van der Waals surface area contributed by atoms with Crippen LogP contribution in [-0.2, 0) is 9.53 Å². The fourth-order valence-electron chi connectivity index (χ4n) is 0.864. The number of rotatable bonds is 0. The molecule has 3 nitrogen and oxygen atoms in total. The van der Waals surface area contributed by atoms with E-state index in [1.807, 2.05) is 6.92 Å². The molecule has 0 aromatic carbocycles. The molecule has 3 heteroatoms. The van der Waals surface area contributed by atoms with Crippen LogP contribution in [0.4, 0.5) is 0 Å². The minimum atomic E-state index is 0.0769. The van der Waals surface area contributed by atoms with Gasteiger partial charge in [0.05, 0.1) is 6.10 Å². The predicted molar refractivity (Wildman–Crippen MR) is 33.1 cm³/mol. The van der Waals surface area contributed by atoms with Gasteiger partial charge in [0.15, 0.2) is 0 Å². The van der Waals surface area contributed by atoms with Crippen molar-refractivity contribution in [2.24, 2.45) is 0 Å². The fourth-order valence-corrected chi connectivity index (χ4v) is 0.864. The maximum atomic E-state index is 10.7. The molecule has 1 saturated heterocycles. The van der Waals surface area contributed by atoms with Gasteiger partial charge in [0.2, 0.25) is 5.91 Å². The number of amides is 1. The molecular formula is C6H11NO2. The summed E-state index contributed by atoms with van der Waals surface area (Å²) < 4.78 is 5.07. The van der Waals surface area contributed by atoms with E-state index in [1.54, 1.807) is 11.9 Å². The predicted octanol–water partition coefficient (Wildman–Crippen LogP) is -0.137. The van der Waals surface area contributed by atoms with E-state index < -0.39 is 0 Å². The fraction of sp³-hybridized carbons (Fsp3) is 0.833. The minimum absolute atomic E-state index is 0.0769. The second kappa shape index (κ2) is 2.35. The number of hydrogen-bond acceptors (Lipinski definition) is 2. The zero-order chi connectivity index (χ0) is 6.85. The zero-order valence-electron chi connectivity index (χ0n) is 5.76. The highest BCUT2D eigenvalue weighted by molar-refractivity contribution is 5.77. The molecule has 0 aromatic heterocycles. The molecule has 0 aromatic rings. The number of hydrogen-bond donors (Lipinski definition) is 0. The van der Waals surface area contributed by atoms with Gasteiger partial charge in [-0.25, -0.2) is 0 Å². The second-order valence-corrected chi connectivity index (χ2v) is 2.40. The van der Waals surface area contributed by atoms with Crippen molar-refractivity contribution in [2.45, 2.75) is 13.0 Å². The number of morpholine rings is 1. The third-order valence-corrected chi connectivity index (χ3v) is 1.45. The van der Waals surface area contributed by atoms with Gasteiger partial charge in [0.25, 0.3) is 0 Å². The lowest BCUT2D eigenvalue weighted by Crippen LogP contribution is -2.42. The maximum absolute atomic E-state index is 10.7. The van der Waals surface area contributed by atoms with Crippen LogP contribution in [-0.4, -0.2) is 37.1 Å². The summed E-state index contributed by atoms with van der Waals surface area (Å²) in [6.07, 6.45) is 0.202. The average Bonchev–Trinajstić information content (AvgIpc) is 1.80. The standard InChI is InChI=1S/C6H11NO2/c1-5-3-7(2)6(8)4-9-5/h5H,3-4H2,1-2H3/t5-/m1/s1. The van der Waals surface area contributed by atoms with Gasteiger partial charge in [-0.05, 0) is 6.92 Å². The number of likely N-dealkylation sites (N-methyl/N-ethyl adjacent to an activating group) is 1. The van der Waals surface area contributed by atoms with Crippen molar-refractivity contribution < 1.29 is 9.53 Å². The Bertz CT molecular complexity index is 124. The first-order valence-electron chi connectivity index (χ1n) is 3.05. The van der Waals surface area contributed by atoms with Crippen molar-refractivity contribution in [2.75, 3.05) is 20.2 Å². The van der Waals surface area contributed by atoms with E-state index in [2.05, 4.69) is 0 Å². The SMILES string of the molecule is C[C@@H]1CN(C)C(=O)CO1. The summed E-state index contributed by atoms with van der Waals surface area (Å²) >= 11 is 0. The van der Waals surface area contributed by atoms with E-state index in [0.29, 0.717) is 0 Å². The van der Waals surface area contributed by atoms with E-state index in [0.717, 1.165) is 6.54 Å². The molecule has 1 aliphatic rings. The van der Waals surface area contributed by atoms with E-state index in [-0.39, 0.29) is 18.6 Å². The van der Waals surface area contributed by atoms with Gasteiger partial charge in [-0.3, -0.25) is 4.79 Å². The van der Waals surface area contributed by atoms with Crippen LogP contribution < -0.4 is 0 Å². The monoisotopic (exact) mass is 129 g/mol. The smallest absolute Gasteiger partial charge is 0.248 e. The van der Waals surface area contributed by atoms with Crippen molar-refractivity contribution in [1.82, 2.24) is 4.90 Å². The lowest BCUT2D eigenvalue weighted by atomic mass is 10.3. The largest absolute Gasteiger partial charge is 0.367 e. The van der Waals surface area contributed by atoms with Crippen molar-refractivity contribution in [3.63, 3.8) is 0 Å². The number of nitrogens with zero attached hydrogens (tertiary/aromatic N) is 1. The van der Waals surface area contributed by atoms with Crippen LogP contribution in [0.5, 0.6) is 0 Å². The van der Waals surface area contributed by atoms with Crippen LogP contribution in [0, 0.1) is 0 Å². The highest BCUT2D eigenvalue weighted by Crippen LogP contribution is 2.01. The van der Waals surface area contributed by atoms with Gasteiger partial charge in [-0.2, -0.15) is 0 Å². The first kappa shape index (κ1) is 6.55. The highest BCUT2D eigenvalue weighted by atomic mass is 16.5. The molecule has 1 rings (SSSR count). The lowest BCUT2D eigenvalue weighted by molar-refractivity contribution is -0.145. The molecule has 1 heterocycles. The molecule has 9 heavy (non-hydrogen) atoms. The number of carbonyl (C=O) groups excluding carboxylic acids is 1. The van der Waals surface area contributed by atoms with Crippen LogP contribution in [0.2, 0.25) is 0 Å². The van der Waals surface area contributed by atoms with Gasteiger partial charge in [-0.1, -0.05) is 0 Å². The Kier molecular flexibility index (Phi) is 1.71. The summed E-state index contributed by atoms with van der Waals surface area (Å²) in [5.41, 5.74) is 0. The zero-order valence-corrected chi connectivity index (χ0v) is 5.76. The Hall–Kier alpha value is -0.570. The molecule has 1 atom stereocenters. The van der Waals surface area contributed by atoms with Gasteiger partial charge in [0.1, 0.15) is 6.61 Å². The van der Waals surface area contributed by atoms with Crippen LogP contribution in [0.3, 0.4) is 0 Å². The van der Waals surface area contributed by atoms with E-state index >= 15 is 0 Å². The van der Waals surface area contributed by atoms with Crippen molar-refractivity contribution in [3.8, 4) is 0 Å². The molecule has 1 fully saturated rings. The average molecular weight is 129 g/mol. The van der Waals surface area contributed by atoms with Crippen LogP contribution in [0.1, 0.15) is 6.92 Å². The summed E-state index contributed by atoms with van der Waals surface area (Å²) in [7, 11) is 1.79.